The molecule has 0 aliphatic heterocycles. The summed E-state index contributed by atoms with van der Waals surface area (Å²) >= 11 is 0. The van der Waals surface area contributed by atoms with Gasteiger partial charge in [-0.1, -0.05) is 12.1 Å². The van der Waals surface area contributed by atoms with Gasteiger partial charge in [-0.2, -0.15) is 5.10 Å². The van der Waals surface area contributed by atoms with E-state index in [2.05, 4.69) is 10.2 Å². The molecule has 5 nitrogen and oxygen atoms in total. The van der Waals surface area contributed by atoms with Crippen molar-refractivity contribution in [2.75, 3.05) is 14.2 Å². The molecule has 0 atom stereocenters. The molecule has 1 aromatic carbocycles. The van der Waals surface area contributed by atoms with Gasteiger partial charge < -0.3 is 14.2 Å². The molecule has 1 saturated carbocycles. The monoisotopic (exact) mass is 342 g/mol. The minimum atomic E-state index is 0.441. The SMILES string of the molecule is COc1ccc(COc2ccc(CC3CCC(OC)CC3)nn2)cc1. The van der Waals surface area contributed by atoms with Gasteiger partial charge in [-0.3, -0.25) is 0 Å². The lowest BCUT2D eigenvalue weighted by Crippen LogP contribution is -2.21. The third-order valence-corrected chi connectivity index (χ3v) is 4.87. The van der Waals surface area contributed by atoms with Gasteiger partial charge in [-0.15, -0.1) is 5.10 Å². The second-order valence-electron chi connectivity index (χ2n) is 6.58. The van der Waals surface area contributed by atoms with Crippen LogP contribution in [0.25, 0.3) is 0 Å². The Morgan fingerprint density at radius 2 is 1.68 bits per heavy atom. The summed E-state index contributed by atoms with van der Waals surface area (Å²) in [6.07, 6.45) is 6.14. The van der Waals surface area contributed by atoms with Crippen molar-refractivity contribution in [3.05, 3.63) is 47.7 Å². The number of rotatable bonds is 7. The molecule has 1 aliphatic carbocycles. The summed E-state index contributed by atoms with van der Waals surface area (Å²) in [5.41, 5.74) is 2.11. The van der Waals surface area contributed by atoms with Crippen LogP contribution in [0.3, 0.4) is 0 Å². The first-order chi connectivity index (χ1) is 12.3. The smallest absolute Gasteiger partial charge is 0.233 e. The number of ether oxygens (including phenoxy) is 3. The van der Waals surface area contributed by atoms with Gasteiger partial charge in [-0.05, 0) is 61.8 Å². The van der Waals surface area contributed by atoms with E-state index < -0.39 is 0 Å². The average molecular weight is 342 g/mol. The molecule has 25 heavy (non-hydrogen) atoms. The molecule has 3 rings (SSSR count). The van der Waals surface area contributed by atoms with Crippen LogP contribution >= 0.6 is 0 Å². The van der Waals surface area contributed by atoms with Crippen molar-refractivity contribution in [1.82, 2.24) is 10.2 Å². The Hall–Kier alpha value is -2.14. The standard InChI is InChI=1S/C20H26N2O3/c1-23-18-8-3-15(4-9-18)13-17-7-12-20(22-21-17)25-14-16-5-10-19(24-2)11-6-16/h5-7,10-12,15,18H,3-4,8-9,13-14H2,1-2H3. The summed E-state index contributed by atoms with van der Waals surface area (Å²) in [5, 5.41) is 8.53. The molecule has 0 unspecified atom stereocenters. The Labute approximate surface area is 149 Å². The van der Waals surface area contributed by atoms with E-state index in [9.17, 15) is 0 Å². The highest BCUT2D eigenvalue weighted by molar-refractivity contribution is 5.27. The minimum Gasteiger partial charge on any atom is -0.497 e. The highest BCUT2D eigenvalue weighted by Crippen LogP contribution is 2.28. The Kier molecular flexibility index (Phi) is 6.23. The minimum absolute atomic E-state index is 0.441. The highest BCUT2D eigenvalue weighted by Gasteiger charge is 2.21. The van der Waals surface area contributed by atoms with Gasteiger partial charge in [0.25, 0.3) is 0 Å². The van der Waals surface area contributed by atoms with Gasteiger partial charge in [-0.25, -0.2) is 0 Å². The van der Waals surface area contributed by atoms with Crippen LogP contribution in [-0.2, 0) is 17.8 Å². The summed E-state index contributed by atoms with van der Waals surface area (Å²) in [6.45, 7) is 0.471. The van der Waals surface area contributed by atoms with Gasteiger partial charge in [0, 0.05) is 13.2 Å². The lowest BCUT2D eigenvalue weighted by atomic mass is 9.84. The van der Waals surface area contributed by atoms with Gasteiger partial charge in [0.2, 0.25) is 5.88 Å². The first kappa shape index (κ1) is 17.7. The number of methoxy groups -OCH3 is 2. The van der Waals surface area contributed by atoms with E-state index in [1.807, 2.05) is 36.4 Å². The number of nitrogens with zero attached hydrogens (tertiary/aromatic N) is 2. The first-order valence-corrected chi connectivity index (χ1v) is 8.88. The third-order valence-electron chi connectivity index (χ3n) is 4.87. The van der Waals surface area contributed by atoms with Crippen molar-refractivity contribution in [2.45, 2.75) is 44.8 Å². The zero-order chi connectivity index (χ0) is 17.5. The predicted molar refractivity (Wildman–Crippen MR) is 95.8 cm³/mol. The van der Waals surface area contributed by atoms with Crippen molar-refractivity contribution in [2.24, 2.45) is 5.92 Å². The lowest BCUT2D eigenvalue weighted by Gasteiger charge is -2.27. The molecular weight excluding hydrogens is 316 g/mol. The molecule has 0 spiro atoms. The molecule has 0 saturated heterocycles. The van der Waals surface area contributed by atoms with Crippen LogP contribution in [0.1, 0.15) is 36.9 Å². The normalized spacial score (nSPS) is 20.2. The van der Waals surface area contributed by atoms with Crippen LogP contribution in [0.5, 0.6) is 11.6 Å². The largest absolute Gasteiger partial charge is 0.497 e. The van der Waals surface area contributed by atoms with Crippen LogP contribution in [-0.4, -0.2) is 30.5 Å². The molecule has 0 bridgehead atoms. The first-order valence-electron chi connectivity index (χ1n) is 8.88. The topological polar surface area (TPSA) is 53.5 Å². The fraction of sp³-hybridized carbons (Fsp3) is 0.500. The Bertz CT molecular complexity index is 635. The van der Waals surface area contributed by atoms with Crippen molar-refractivity contribution in [3.8, 4) is 11.6 Å². The van der Waals surface area contributed by atoms with Crippen LogP contribution in [0, 0.1) is 5.92 Å². The molecule has 134 valence electrons. The molecule has 0 amide bonds. The van der Waals surface area contributed by atoms with Crippen molar-refractivity contribution in [1.29, 1.82) is 0 Å². The molecule has 0 radical (unpaired) electrons. The molecule has 5 heteroatoms. The van der Waals surface area contributed by atoms with E-state index >= 15 is 0 Å². The van der Waals surface area contributed by atoms with E-state index in [0.717, 1.165) is 36.3 Å². The third kappa shape index (κ3) is 5.16. The van der Waals surface area contributed by atoms with Crippen LogP contribution in [0.4, 0.5) is 0 Å². The van der Waals surface area contributed by atoms with E-state index in [-0.39, 0.29) is 0 Å². The van der Waals surface area contributed by atoms with Crippen LogP contribution in [0.2, 0.25) is 0 Å². The summed E-state index contributed by atoms with van der Waals surface area (Å²) in [4.78, 5) is 0. The summed E-state index contributed by atoms with van der Waals surface area (Å²) in [5.74, 6) is 2.09. The second-order valence-corrected chi connectivity index (χ2v) is 6.58. The summed E-state index contributed by atoms with van der Waals surface area (Å²) < 4.78 is 16.3. The zero-order valence-electron chi connectivity index (χ0n) is 15.0. The number of aromatic nitrogens is 2. The zero-order valence-corrected chi connectivity index (χ0v) is 15.0. The number of benzene rings is 1. The lowest BCUT2D eigenvalue weighted by molar-refractivity contribution is 0.0567. The molecule has 1 heterocycles. The number of hydrogen-bond acceptors (Lipinski definition) is 5. The second kappa shape index (κ2) is 8.81. The Morgan fingerprint density at radius 1 is 0.920 bits per heavy atom. The van der Waals surface area contributed by atoms with Crippen molar-refractivity contribution >= 4 is 0 Å². The van der Waals surface area contributed by atoms with Crippen LogP contribution < -0.4 is 9.47 Å². The molecule has 2 aromatic rings. The highest BCUT2D eigenvalue weighted by atomic mass is 16.5. The van der Waals surface area contributed by atoms with E-state index in [1.165, 1.54) is 12.8 Å². The average Bonchev–Trinajstić information content (AvgIpc) is 2.68. The Morgan fingerprint density at radius 3 is 2.28 bits per heavy atom. The molecule has 1 aliphatic rings. The van der Waals surface area contributed by atoms with Gasteiger partial charge >= 0.3 is 0 Å². The van der Waals surface area contributed by atoms with E-state index in [0.29, 0.717) is 24.5 Å². The number of hydrogen-bond donors (Lipinski definition) is 0. The maximum atomic E-state index is 5.71. The quantitative estimate of drug-likeness (QED) is 0.766. The molecule has 0 N–H and O–H groups in total. The molecular formula is C20H26N2O3. The van der Waals surface area contributed by atoms with E-state index in [4.69, 9.17) is 14.2 Å². The summed E-state index contributed by atoms with van der Waals surface area (Å²) in [7, 11) is 3.47. The fourth-order valence-electron chi connectivity index (χ4n) is 3.28. The van der Waals surface area contributed by atoms with Gasteiger partial charge in [0.1, 0.15) is 12.4 Å². The maximum absolute atomic E-state index is 5.71. The van der Waals surface area contributed by atoms with E-state index in [1.54, 1.807) is 14.2 Å². The fourth-order valence-corrected chi connectivity index (χ4v) is 3.28. The van der Waals surface area contributed by atoms with Crippen molar-refractivity contribution in [3.63, 3.8) is 0 Å². The predicted octanol–water partition coefficient (Wildman–Crippen LogP) is 3.81. The molecule has 1 fully saturated rings. The van der Waals surface area contributed by atoms with Crippen molar-refractivity contribution < 1.29 is 14.2 Å². The Balaban J connectivity index is 1.47. The summed E-state index contributed by atoms with van der Waals surface area (Å²) in [6, 6.07) is 11.7. The van der Waals surface area contributed by atoms with Crippen LogP contribution in [0.15, 0.2) is 36.4 Å². The molecule has 1 aromatic heterocycles. The van der Waals surface area contributed by atoms with Gasteiger partial charge in [0.05, 0.1) is 18.9 Å². The maximum Gasteiger partial charge on any atom is 0.233 e. The van der Waals surface area contributed by atoms with Gasteiger partial charge in [0.15, 0.2) is 0 Å².